The Morgan fingerprint density at radius 2 is 0.889 bits per heavy atom. The second kappa shape index (κ2) is 243. The van der Waals surface area contributed by atoms with Gasteiger partial charge < -0.3 is 34.8 Å². The molecule has 0 saturated heterocycles. The van der Waals surface area contributed by atoms with Crippen molar-refractivity contribution < 1.29 is 18.6 Å². The van der Waals surface area contributed by atoms with Gasteiger partial charge in [-0.15, -0.1) is 0 Å². The molecule has 6 heteroatoms. The summed E-state index contributed by atoms with van der Waals surface area (Å²) in [6.07, 6.45) is 0. The Labute approximate surface area is 131 Å². The van der Waals surface area contributed by atoms with Crippen LogP contribution in [-0.2, 0) is 18.6 Å². The summed E-state index contributed by atoms with van der Waals surface area (Å²) in [7, 11) is 10.6. The fourth-order valence-corrected chi connectivity index (χ4v) is 0. The average molecular weight is 308 g/mol. The molecule has 1 radical (unpaired) electrons. The molecule has 5 nitrogen and oxygen atoms in total. The van der Waals surface area contributed by atoms with Crippen LogP contribution in [0.15, 0.2) is 0 Å². The van der Waals surface area contributed by atoms with Crippen LogP contribution in [0.2, 0.25) is 0 Å². The minimum absolute atomic E-state index is 0. The monoisotopic (exact) mass is 308 g/mol. The number of nitrogens with one attached hydrogen (secondary N) is 4. The van der Waals surface area contributed by atoms with Crippen LogP contribution in [0.3, 0.4) is 0 Å². The molecule has 0 bridgehead atoms. The molecular weight excluding hydrogens is 265 g/mol. The van der Waals surface area contributed by atoms with E-state index in [-0.39, 0.29) is 40.8 Å². The molecule has 0 atom stereocenters. The van der Waals surface area contributed by atoms with Gasteiger partial charge in [-0.2, -0.15) is 7.05 Å². The molecule has 0 amide bonds. The van der Waals surface area contributed by atoms with Crippen LogP contribution in [0.25, 0.3) is 5.73 Å². The van der Waals surface area contributed by atoms with Crippen molar-refractivity contribution in [3.63, 3.8) is 0 Å². The number of nitrogens with two attached hydrogens (primary N) is 1. The van der Waals surface area contributed by atoms with Crippen LogP contribution in [0.5, 0.6) is 0 Å². The fourth-order valence-electron chi connectivity index (χ4n) is 0. The summed E-state index contributed by atoms with van der Waals surface area (Å²) in [6, 6.07) is 0. The first-order valence-electron chi connectivity index (χ1n) is 4.76. The van der Waals surface area contributed by atoms with E-state index in [1.165, 1.54) is 7.05 Å². The summed E-state index contributed by atoms with van der Waals surface area (Å²) in [4.78, 5) is 0. The second-order valence-electron chi connectivity index (χ2n) is 1.56. The summed E-state index contributed by atoms with van der Waals surface area (Å²) in [6.45, 7) is 4.57. The molecule has 0 saturated carbocycles. The Morgan fingerprint density at radius 3 is 0.889 bits per heavy atom. The van der Waals surface area contributed by atoms with Crippen molar-refractivity contribution in [1.29, 1.82) is 0 Å². The second-order valence-corrected chi connectivity index (χ2v) is 1.56. The minimum Gasteiger partial charge on any atom is -0.680 e. The van der Waals surface area contributed by atoms with Gasteiger partial charge in [-0.25, -0.2) is 0 Å². The van der Waals surface area contributed by atoms with E-state index >= 15 is 0 Å². The summed E-state index contributed by atoms with van der Waals surface area (Å²) in [5.41, 5.74) is 10.7. The molecule has 0 aliphatic rings. The molecule has 0 rings (SSSR count). The van der Waals surface area contributed by atoms with Gasteiger partial charge in [-0.05, 0) is 35.2 Å². The standard InChI is InChI=1S/C2H8N2.2C2H7N.C2H6.CH4N.2CH4.CH3.V/c1-4-2-3;2*1-3-2;2*1-2;;;;/h4H,2-3H2,1H3;2*3H,1-2H3;1-2H3;2H,1H3;2*1H4;1H3;/q;;;;-1;;;-1;+2. The predicted molar refractivity (Wildman–Crippen MR) is 89.6 cm³/mol. The van der Waals surface area contributed by atoms with Gasteiger partial charge in [-0.3, -0.25) is 0 Å². The molecule has 18 heavy (non-hydrogen) atoms. The number of hydrogen-bond donors (Lipinski definition) is 4. The Hall–Kier alpha value is 0.384. The van der Waals surface area contributed by atoms with E-state index in [0.717, 1.165) is 0 Å². The molecule has 0 aliphatic carbocycles. The summed E-state index contributed by atoms with van der Waals surface area (Å²) in [5, 5.41) is 8.21. The molecule has 0 aliphatic heterocycles. The molecule has 0 unspecified atom stereocenters. The Morgan fingerprint density at radius 1 is 0.833 bits per heavy atom. The molecule has 0 aromatic rings. The van der Waals surface area contributed by atoms with Crippen molar-refractivity contribution in [1.82, 2.24) is 16.0 Å². The van der Waals surface area contributed by atoms with Gasteiger partial charge in [0.05, 0.1) is 0 Å². The quantitative estimate of drug-likeness (QED) is 0.442. The van der Waals surface area contributed by atoms with E-state index in [9.17, 15) is 0 Å². The van der Waals surface area contributed by atoms with E-state index in [2.05, 4.69) is 16.0 Å². The molecule has 0 fully saturated rings. The van der Waals surface area contributed by atoms with Gasteiger partial charge >= 0.3 is 18.6 Å². The topological polar surface area (TPSA) is 85.9 Å². The van der Waals surface area contributed by atoms with Crippen LogP contribution in [0.1, 0.15) is 28.7 Å². The molecule has 6 N–H and O–H groups in total. The van der Waals surface area contributed by atoms with E-state index in [4.69, 9.17) is 11.5 Å². The first-order chi connectivity index (χ1) is 6.74. The number of hydrogen-bond acceptors (Lipinski definition) is 4. The zero-order valence-corrected chi connectivity index (χ0v) is 14.1. The van der Waals surface area contributed by atoms with Gasteiger partial charge in [0.15, 0.2) is 0 Å². The van der Waals surface area contributed by atoms with Crippen molar-refractivity contribution in [3.05, 3.63) is 13.2 Å². The Balaban J connectivity index is -0.00000000779. The molecule has 0 heterocycles. The Bertz CT molecular complexity index is 32.4. The van der Waals surface area contributed by atoms with Crippen molar-refractivity contribution in [3.8, 4) is 0 Å². The van der Waals surface area contributed by atoms with Gasteiger partial charge in [0.25, 0.3) is 0 Å². The van der Waals surface area contributed by atoms with Gasteiger partial charge in [0, 0.05) is 6.67 Å². The first kappa shape index (κ1) is 63.1. The maximum atomic E-state index is 5.75. The smallest absolute Gasteiger partial charge is 0.680 e. The third kappa shape index (κ3) is 2020. The van der Waals surface area contributed by atoms with Gasteiger partial charge in [0.2, 0.25) is 0 Å². The third-order valence-electron chi connectivity index (χ3n) is 0.204. The molecular formula is C12H43N5V. The van der Waals surface area contributed by atoms with Crippen molar-refractivity contribution in [2.45, 2.75) is 28.7 Å². The predicted octanol–water partition coefficient (Wildman–Crippen LogP) is 2.21. The molecule has 0 aromatic carbocycles. The van der Waals surface area contributed by atoms with Gasteiger partial charge in [0.1, 0.15) is 0 Å². The van der Waals surface area contributed by atoms with Crippen LogP contribution >= 0.6 is 0 Å². The van der Waals surface area contributed by atoms with E-state index in [1.54, 1.807) is 7.05 Å². The largest absolute Gasteiger partial charge is 2.00 e. The maximum absolute atomic E-state index is 5.75. The van der Waals surface area contributed by atoms with E-state index in [0.29, 0.717) is 6.67 Å². The molecule has 0 aromatic heterocycles. The molecule has 121 valence electrons. The van der Waals surface area contributed by atoms with Crippen LogP contribution in [0, 0.1) is 7.43 Å². The normalized spacial score (nSPS) is 4.33. The summed E-state index contributed by atoms with van der Waals surface area (Å²) >= 11 is 0. The fraction of sp³-hybridized carbons (Fsp3) is 0.917. The summed E-state index contributed by atoms with van der Waals surface area (Å²) in [5.74, 6) is 0. The zero-order valence-electron chi connectivity index (χ0n) is 12.7. The van der Waals surface area contributed by atoms with Crippen LogP contribution in [0.4, 0.5) is 0 Å². The summed E-state index contributed by atoms with van der Waals surface area (Å²) < 4.78 is 0. The minimum atomic E-state index is 0. The molecule has 0 spiro atoms. The average Bonchev–Trinajstić information content (AvgIpc) is 2.26. The first-order valence-corrected chi connectivity index (χ1v) is 4.76. The zero-order chi connectivity index (χ0) is 12.8. The third-order valence-corrected chi connectivity index (χ3v) is 0.204. The van der Waals surface area contributed by atoms with E-state index < -0.39 is 0 Å². The number of rotatable bonds is 1. The van der Waals surface area contributed by atoms with Crippen LogP contribution in [-0.4, -0.2) is 49.0 Å². The van der Waals surface area contributed by atoms with Crippen molar-refractivity contribution in [2.24, 2.45) is 5.73 Å². The van der Waals surface area contributed by atoms with Crippen molar-refractivity contribution in [2.75, 3.05) is 49.0 Å². The SMILES string of the molecule is C.C.CC.CNC.CNC.CNCN.C[NH-].[CH3-].[V+2]. The van der Waals surface area contributed by atoms with E-state index in [1.807, 2.05) is 42.0 Å². The van der Waals surface area contributed by atoms with Crippen LogP contribution < -0.4 is 21.7 Å². The van der Waals surface area contributed by atoms with Gasteiger partial charge in [-0.1, -0.05) is 28.7 Å². The Kier molecular flexibility index (Phi) is 851. The maximum Gasteiger partial charge on any atom is 2.00 e. The van der Waals surface area contributed by atoms with Crippen molar-refractivity contribution >= 4 is 0 Å².